The number of rotatable bonds is 4. The highest BCUT2D eigenvalue weighted by Crippen LogP contribution is 1.99. The Balaban J connectivity index is 3.81. The molecule has 66 valence electrons. The summed E-state index contributed by atoms with van der Waals surface area (Å²) in [7, 11) is 1.62. The molecule has 0 aliphatic carbocycles. The second-order valence-electron chi connectivity index (χ2n) is 2.39. The lowest BCUT2D eigenvalue weighted by atomic mass is 10.2. The molecule has 0 heterocycles. The van der Waals surface area contributed by atoms with Gasteiger partial charge in [-0.05, 0) is 12.5 Å². The first-order valence-corrected chi connectivity index (χ1v) is 3.88. The molecule has 0 unspecified atom stereocenters. The van der Waals surface area contributed by atoms with Gasteiger partial charge in [-0.2, -0.15) is 0 Å². The van der Waals surface area contributed by atoms with Crippen LogP contribution in [0.3, 0.4) is 0 Å². The van der Waals surface area contributed by atoms with Gasteiger partial charge in [0.05, 0.1) is 6.42 Å². The van der Waals surface area contributed by atoms with E-state index < -0.39 is 0 Å². The van der Waals surface area contributed by atoms with Crippen LogP contribution in [0.5, 0.6) is 0 Å². The molecule has 0 fully saturated rings. The lowest BCUT2D eigenvalue weighted by Crippen LogP contribution is -2.17. The van der Waals surface area contributed by atoms with Crippen molar-refractivity contribution in [3.63, 3.8) is 0 Å². The zero-order valence-corrected chi connectivity index (χ0v) is 7.63. The second-order valence-corrected chi connectivity index (χ2v) is 2.39. The van der Waals surface area contributed by atoms with Crippen molar-refractivity contribution in [3.8, 4) is 0 Å². The van der Waals surface area contributed by atoms with E-state index >= 15 is 0 Å². The summed E-state index contributed by atoms with van der Waals surface area (Å²) in [6, 6.07) is 0. The summed E-state index contributed by atoms with van der Waals surface area (Å²) in [5.41, 5.74) is 0.812. The van der Waals surface area contributed by atoms with E-state index in [-0.39, 0.29) is 5.91 Å². The van der Waals surface area contributed by atoms with Gasteiger partial charge in [-0.15, -0.1) is 0 Å². The molecule has 0 saturated heterocycles. The van der Waals surface area contributed by atoms with Crippen LogP contribution in [0.15, 0.2) is 36.5 Å². The van der Waals surface area contributed by atoms with Crippen LogP contribution in [0.4, 0.5) is 0 Å². The third-order valence-corrected chi connectivity index (χ3v) is 1.30. The van der Waals surface area contributed by atoms with E-state index in [1.54, 1.807) is 7.05 Å². The van der Waals surface area contributed by atoms with Gasteiger partial charge in [0.15, 0.2) is 0 Å². The first-order chi connectivity index (χ1) is 5.70. The molecule has 0 spiro atoms. The maximum Gasteiger partial charge on any atom is 0.224 e. The Bertz CT molecular complexity index is 214. The van der Waals surface area contributed by atoms with Crippen molar-refractivity contribution in [2.24, 2.45) is 0 Å². The van der Waals surface area contributed by atoms with Gasteiger partial charge in [0.25, 0.3) is 0 Å². The lowest BCUT2D eigenvalue weighted by molar-refractivity contribution is -0.119. The Morgan fingerprint density at radius 1 is 1.50 bits per heavy atom. The smallest absolute Gasteiger partial charge is 0.224 e. The molecule has 12 heavy (non-hydrogen) atoms. The average Bonchev–Trinajstić information content (AvgIpc) is 2.05. The van der Waals surface area contributed by atoms with Crippen molar-refractivity contribution in [2.45, 2.75) is 13.3 Å². The normalized spacial score (nSPS) is 10.8. The molecule has 0 aliphatic rings. The fourth-order valence-corrected chi connectivity index (χ4v) is 0.656. The highest BCUT2D eigenvalue weighted by molar-refractivity contribution is 5.78. The molecule has 0 saturated carbocycles. The van der Waals surface area contributed by atoms with Gasteiger partial charge in [0.2, 0.25) is 5.91 Å². The minimum atomic E-state index is -0.00914. The number of carbonyl (C=O) groups excluding carboxylic acids is 1. The van der Waals surface area contributed by atoms with E-state index in [0.29, 0.717) is 6.42 Å². The van der Waals surface area contributed by atoms with Crippen molar-refractivity contribution in [3.05, 3.63) is 36.5 Å². The van der Waals surface area contributed by atoms with Crippen LogP contribution in [0, 0.1) is 0 Å². The summed E-state index contributed by atoms with van der Waals surface area (Å²) in [6.45, 7) is 5.67. The molecule has 1 N–H and O–H groups in total. The van der Waals surface area contributed by atoms with Gasteiger partial charge in [-0.25, -0.2) is 0 Å². The topological polar surface area (TPSA) is 29.1 Å². The highest BCUT2D eigenvalue weighted by atomic mass is 16.1. The highest BCUT2D eigenvalue weighted by Gasteiger charge is 1.96. The molecule has 0 aromatic rings. The summed E-state index contributed by atoms with van der Waals surface area (Å²) in [6.07, 6.45) is 7.88. The quantitative estimate of drug-likeness (QED) is 0.632. The van der Waals surface area contributed by atoms with Crippen LogP contribution in [0.25, 0.3) is 0 Å². The molecule has 2 heteroatoms. The van der Waals surface area contributed by atoms with Crippen LogP contribution in [0.2, 0.25) is 0 Å². The number of nitrogens with one attached hydrogen (secondary N) is 1. The van der Waals surface area contributed by atoms with Gasteiger partial charge >= 0.3 is 0 Å². The molecule has 0 rings (SSSR count). The first kappa shape index (κ1) is 10.7. The Morgan fingerprint density at radius 2 is 2.17 bits per heavy atom. The molecule has 0 radical (unpaired) electrons. The molecule has 0 atom stereocenters. The Kier molecular flexibility index (Phi) is 5.70. The molecular formula is C10H15NO. The summed E-state index contributed by atoms with van der Waals surface area (Å²) in [4.78, 5) is 10.8. The number of hydrogen-bond donors (Lipinski definition) is 1. The zero-order chi connectivity index (χ0) is 9.40. The third kappa shape index (κ3) is 5.47. The molecule has 0 aliphatic heterocycles. The maximum atomic E-state index is 10.8. The number of carbonyl (C=O) groups is 1. The number of amides is 1. The maximum absolute atomic E-state index is 10.8. The van der Waals surface area contributed by atoms with E-state index in [2.05, 4.69) is 11.9 Å². The van der Waals surface area contributed by atoms with E-state index in [9.17, 15) is 4.79 Å². The Morgan fingerprint density at radius 3 is 2.67 bits per heavy atom. The largest absolute Gasteiger partial charge is 0.359 e. The monoisotopic (exact) mass is 165 g/mol. The van der Waals surface area contributed by atoms with Crippen molar-refractivity contribution < 1.29 is 4.79 Å². The van der Waals surface area contributed by atoms with Gasteiger partial charge < -0.3 is 5.32 Å². The summed E-state index contributed by atoms with van der Waals surface area (Å²) in [5.74, 6) is -0.00914. The van der Waals surface area contributed by atoms with E-state index in [4.69, 9.17) is 0 Å². The lowest BCUT2D eigenvalue weighted by Gasteiger charge is -1.97. The first-order valence-electron chi connectivity index (χ1n) is 3.88. The minimum absolute atomic E-state index is 0.00914. The van der Waals surface area contributed by atoms with Crippen molar-refractivity contribution >= 4 is 5.91 Å². The SMILES string of the molecule is C=C(/C=C\C=C/C)CC(=O)NC. The van der Waals surface area contributed by atoms with Crippen molar-refractivity contribution in [2.75, 3.05) is 7.05 Å². The molecule has 0 bridgehead atoms. The Hall–Kier alpha value is -1.31. The molecular weight excluding hydrogens is 150 g/mol. The summed E-state index contributed by atoms with van der Waals surface area (Å²) < 4.78 is 0. The fourth-order valence-electron chi connectivity index (χ4n) is 0.656. The Labute approximate surface area is 73.7 Å². The average molecular weight is 165 g/mol. The van der Waals surface area contributed by atoms with Gasteiger partial charge in [-0.3, -0.25) is 4.79 Å². The molecule has 0 aromatic carbocycles. The van der Waals surface area contributed by atoms with Crippen molar-refractivity contribution in [1.29, 1.82) is 0 Å². The predicted molar refractivity (Wildman–Crippen MR) is 51.8 cm³/mol. The van der Waals surface area contributed by atoms with Gasteiger partial charge in [0, 0.05) is 7.05 Å². The van der Waals surface area contributed by atoms with E-state index in [1.807, 2.05) is 31.2 Å². The van der Waals surface area contributed by atoms with Gasteiger partial charge in [0.1, 0.15) is 0 Å². The molecule has 1 amide bonds. The van der Waals surface area contributed by atoms with Crippen LogP contribution in [-0.4, -0.2) is 13.0 Å². The number of hydrogen-bond acceptors (Lipinski definition) is 1. The minimum Gasteiger partial charge on any atom is -0.359 e. The van der Waals surface area contributed by atoms with Crippen LogP contribution in [0.1, 0.15) is 13.3 Å². The molecule has 0 aromatic heterocycles. The van der Waals surface area contributed by atoms with E-state index in [0.717, 1.165) is 5.57 Å². The summed E-state index contributed by atoms with van der Waals surface area (Å²) in [5, 5.41) is 2.53. The van der Waals surface area contributed by atoms with Crippen LogP contribution < -0.4 is 5.32 Å². The predicted octanol–water partition coefficient (Wildman–Crippen LogP) is 1.81. The second kappa shape index (κ2) is 6.40. The fraction of sp³-hybridized carbons (Fsp3) is 0.300. The van der Waals surface area contributed by atoms with Crippen LogP contribution in [-0.2, 0) is 4.79 Å². The van der Waals surface area contributed by atoms with Crippen molar-refractivity contribution in [1.82, 2.24) is 5.32 Å². The molecule has 2 nitrogen and oxygen atoms in total. The number of allylic oxidation sites excluding steroid dienone is 4. The van der Waals surface area contributed by atoms with Crippen LogP contribution >= 0.6 is 0 Å². The third-order valence-electron chi connectivity index (χ3n) is 1.30. The van der Waals surface area contributed by atoms with E-state index in [1.165, 1.54) is 0 Å². The summed E-state index contributed by atoms with van der Waals surface area (Å²) >= 11 is 0. The van der Waals surface area contributed by atoms with Gasteiger partial charge in [-0.1, -0.05) is 30.9 Å². The zero-order valence-electron chi connectivity index (χ0n) is 7.63. The standard InChI is InChI=1S/C10H15NO/c1-4-5-6-7-9(2)8-10(12)11-3/h4-7H,2,8H2,1,3H3,(H,11,12)/b5-4-,7-6-.